The van der Waals surface area contributed by atoms with Crippen molar-refractivity contribution in [2.75, 3.05) is 12.3 Å². The lowest BCUT2D eigenvalue weighted by Crippen LogP contribution is -1.84. The van der Waals surface area contributed by atoms with Crippen LogP contribution in [0.5, 0.6) is 0 Å². The zero-order chi connectivity index (χ0) is 9.10. The highest BCUT2D eigenvalue weighted by Crippen LogP contribution is 2.25. The van der Waals surface area contributed by atoms with E-state index in [9.17, 15) is 0 Å². The van der Waals surface area contributed by atoms with E-state index in [0.717, 1.165) is 23.8 Å². The van der Waals surface area contributed by atoms with Gasteiger partial charge in [0.25, 0.3) is 0 Å². The van der Waals surface area contributed by atoms with Crippen molar-refractivity contribution < 1.29 is 4.52 Å². The Kier molecular flexibility index (Phi) is 2.95. The van der Waals surface area contributed by atoms with E-state index >= 15 is 0 Å². The van der Waals surface area contributed by atoms with Crippen LogP contribution in [-0.2, 0) is 5.75 Å². The molecule has 0 saturated carbocycles. The van der Waals surface area contributed by atoms with Crippen molar-refractivity contribution >= 4 is 27.9 Å². The van der Waals surface area contributed by atoms with Gasteiger partial charge in [-0.15, -0.1) is 0 Å². The van der Waals surface area contributed by atoms with Crippen molar-refractivity contribution in [1.29, 1.82) is 0 Å². The molecule has 0 N–H and O–H groups in total. The number of thioether (sulfide) groups is 2. The first kappa shape index (κ1) is 9.15. The van der Waals surface area contributed by atoms with Crippen molar-refractivity contribution in [2.45, 2.75) is 12.7 Å². The molecule has 0 aromatic carbocycles. The normalized spacial score (nSPS) is 16.2. The van der Waals surface area contributed by atoms with Gasteiger partial charge in [-0.2, -0.15) is 0 Å². The Morgan fingerprint density at radius 2 is 2.62 bits per heavy atom. The summed E-state index contributed by atoms with van der Waals surface area (Å²) < 4.78 is 6.16. The second-order valence-electron chi connectivity index (χ2n) is 2.69. The molecule has 1 aromatic rings. The van der Waals surface area contributed by atoms with E-state index in [1.54, 1.807) is 18.0 Å². The van der Waals surface area contributed by atoms with Crippen molar-refractivity contribution in [1.82, 2.24) is 5.16 Å². The second-order valence-corrected chi connectivity index (χ2v) is 5.00. The van der Waals surface area contributed by atoms with Crippen molar-refractivity contribution in [3.8, 4) is 0 Å². The Morgan fingerprint density at radius 3 is 3.23 bits per heavy atom. The quantitative estimate of drug-likeness (QED) is 0.757. The Bertz CT molecular complexity index is 322. The average Bonchev–Trinajstić information content (AvgIpc) is 2.72. The van der Waals surface area contributed by atoms with Crippen LogP contribution in [0, 0.1) is 6.92 Å². The summed E-state index contributed by atoms with van der Waals surface area (Å²) in [5.74, 6) is 2.96. The lowest BCUT2D eigenvalue weighted by molar-refractivity contribution is 0.396. The topological polar surface area (TPSA) is 38.4 Å². The van der Waals surface area contributed by atoms with Gasteiger partial charge in [0.1, 0.15) is 10.1 Å². The maximum absolute atomic E-state index is 4.97. The largest absolute Gasteiger partial charge is 0.361 e. The molecule has 0 amide bonds. The molecule has 13 heavy (non-hydrogen) atoms. The third kappa shape index (κ3) is 2.28. The molecule has 0 bridgehead atoms. The van der Waals surface area contributed by atoms with Crippen molar-refractivity contribution in [3.05, 3.63) is 17.5 Å². The first-order valence-electron chi connectivity index (χ1n) is 4.06. The van der Waals surface area contributed by atoms with Gasteiger partial charge in [-0.25, -0.2) is 0 Å². The molecule has 0 atom stereocenters. The number of aromatic nitrogens is 1. The predicted molar refractivity (Wildman–Crippen MR) is 57.3 cm³/mol. The van der Waals surface area contributed by atoms with Crippen LogP contribution >= 0.6 is 23.5 Å². The maximum atomic E-state index is 4.97. The highest BCUT2D eigenvalue weighted by atomic mass is 32.2. The highest BCUT2D eigenvalue weighted by Gasteiger charge is 2.09. The molecular weight excluding hydrogens is 204 g/mol. The lowest BCUT2D eigenvalue weighted by Gasteiger charge is -1.96. The summed E-state index contributed by atoms with van der Waals surface area (Å²) in [4.78, 5) is 4.36. The fraction of sp³-hybridized carbons (Fsp3) is 0.500. The van der Waals surface area contributed by atoms with Crippen LogP contribution in [0.3, 0.4) is 0 Å². The van der Waals surface area contributed by atoms with Crippen LogP contribution in [-0.4, -0.2) is 21.8 Å². The monoisotopic (exact) mass is 214 g/mol. The molecule has 70 valence electrons. The van der Waals surface area contributed by atoms with E-state index in [0.29, 0.717) is 0 Å². The number of aliphatic imine (C=N–C) groups is 1. The molecule has 2 rings (SSSR count). The molecule has 1 aromatic heterocycles. The molecule has 0 radical (unpaired) electrons. The molecule has 2 heterocycles. The van der Waals surface area contributed by atoms with Crippen LogP contribution in [0.25, 0.3) is 0 Å². The second kappa shape index (κ2) is 4.19. The molecule has 0 unspecified atom stereocenters. The zero-order valence-electron chi connectivity index (χ0n) is 7.32. The van der Waals surface area contributed by atoms with Gasteiger partial charge >= 0.3 is 0 Å². The Morgan fingerprint density at radius 1 is 1.69 bits per heavy atom. The first-order valence-corrected chi connectivity index (χ1v) is 6.03. The maximum Gasteiger partial charge on any atom is 0.137 e. The Balaban J connectivity index is 1.89. The molecular formula is C8H10N2OS2. The third-order valence-corrected chi connectivity index (χ3v) is 4.06. The molecule has 0 fully saturated rings. The summed E-state index contributed by atoms with van der Waals surface area (Å²) >= 11 is 3.60. The van der Waals surface area contributed by atoms with E-state index in [1.165, 1.54) is 9.94 Å². The molecule has 1 aliphatic heterocycles. The van der Waals surface area contributed by atoms with Gasteiger partial charge in [0.2, 0.25) is 0 Å². The van der Waals surface area contributed by atoms with Gasteiger partial charge in [0.15, 0.2) is 0 Å². The van der Waals surface area contributed by atoms with E-state index in [-0.39, 0.29) is 0 Å². The van der Waals surface area contributed by atoms with Crippen LogP contribution in [0.4, 0.5) is 0 Å². The first-order chi connectivity index (χ1) is 6.36. The van der Waals surface area contributed by atoms with Gasteiger partial charge in [0, 0.05) is 17.1 Å². The minimum Gasteiger partial charge on any atom is -0.361 e. The van der Waals surface area contributed by atoms with E-state index in [2.05, 4.69) is 10.1 Å². The summed E-state index contributed by atoms with van der Waals surface area (Å²) in [6, 6.07) is 0. The molecule has 1 aliphatic rings. The zero-order valence-corrected chi connectivity index (χ0v) is 8.95. The van der Waals surface area contributed by atoms with Crippen molar-refractivity contribution in [3.63, 3.8) is 0 Å². The lowest BCUT2D eigenvalue weighted by atomic mass is 10.3. The van der Waals surface area contributed by atoms with Crippen molar-refractivity contribution in [2.24, 2.45) is 4.99 Å². The fourth-order valence-electron chi connectivity index (χ4n) is 1.000. The average molecular weight is 214 g/mol. The Labute approximate surface area is 85.4 Å². The van der Waals surface area contributed by atoms with Crippen LogP contribution in [0.15, 0.2) is 15.7 Å². The van der Waals surface area contributed by atoms with Gasteiger partial charge in [-0.3, -0.25) is 4.99 Å². The summed E-state index contributed by atoms with van der Waals surface area (Å²) in [5, 5.41) is 3.73. The molecule has 5 heteroatoms. The number of aryl methyl sites for hydroxylation is 1. The van der Waals surface area contributed by atoms with Gasteiger partial charge in [-0.1, -0.05) is 28.7 Å². The Hall–Kier alpha value is -0.420. The number of nitrogens with zero attached hydrogens (tertiary/aromatic N) is 2. The fourth-order valence-corrected chi connectivity index (χ4v) is 3.04. The number of hydrogen-bond donors (Lipinski definition) is 0. The van der Waals surface area contributed by atoms with Gasteiger partial charge in [0.05, 0.1) is 12.7 Å². The van der Waals surface area contributed by atoms with E-state index in [4.69, 9.17) is 4.52 Å². The predicted octanol–water partition coefficient (Wildman–Crippen LogP) is 2.32. The summed E-state index contributed by atoms with van der Waals surface area (Å²) in [6.45, 7) is 2.90. The third-order valence-electron chi connectivity index (χ3n) is 1.76. The summed E-state index contributed by atoms with van der Waals surface area (Å²) in [7, 11) is 0. The summed E-state index contributed by atoms with van der Waals surface area (Å²) in [5.41, 5.74) is 1.17. The van der Waals surface area contributed by atoms with Crippen LogP contribution in [0.2, 0.25) is 0 Å². The molecule has 0 saturated heterocycles. The van der Waals surface area contributed by atoms with Crippen LogP contribution < -0.4 is 0 Å². The minimum atomic E-state index is 0.913. The molecule has 0 aliphatic carbocycles. The minimum absolute atomic E-state index is 0.913. The highest BCUT2D eigenvalue weighted by molar-refractivity contribution is 8.38. The van der Waals surface area contributed by atoms with Gasteiger partial charge < -0.3 is 4.52 Å². The van der Waals surface area contributed by atoms with Gasteiger partial charge in [-0.05, 0) is 6.92 Å². The van der Waals surface area contributed by atoms with Crippen LogP contribution in [0.1, 0.15) is 11.3 Å². The summed E-state index contributed by atoms with van der Waals surface area (Å²) in [6.07, 6.45) is 1.78. The van der Waals surface area contributed by atoms with E-state index in [1.807, 2.05) is 18.7 Å². The standard InChI is InChI=1S/C8H10N2OS2/c1-6-7(4-10-11-6)5-13-8-9-2-3-12-8/h4H,2-3,5H2,1H3. The SMILES string of the molecule is Cc1oncc1CSC1=NCCS1. The number of rotatable bonds is 2. The number of hydrogen-bond acceptors (Lipinski definition) is 5. The molecule has 3 nitrogen and oxygen atoms in total. The van der Waals surface area contributed by atoms with E-state index < -0.39 is 0 Å². The molecule has 0 spiro atoms. The smallest absolute Gasteiger partial charge is 0.137 e.